The van der Waals surface area contributed by atoms with Gasteiger partial charge in [-0.2, -0.15) is 0 Å². The average molecular weight is 483 g/mol. The van der Waals surface area contributed by atoms with Gasteiger partial charge in [0.15, 0.2) is 9.84 Å². The Morgan fingerprint density at radius 3 is 2.64 bits per heavy atom. The lowest BCUT2D eigenvalue weighted by Crippen LogP contribution is -2.38. The minimum atomic E-state index is -3.57. The first-order valence-electron chi connectivity index (χ1n) is 10.9. The van der Waals surface area contributed by atoms with Gasteiger partial charge in [0.05, 0.1) is 16.8 Å². The maximum absolute atomic E-state index is 12.8. The third-order valence-corrected chi connectivity index (χ3v) is 8.25. The molecule has 0 bridgehead atoms. The number of sulfone groups is 1. The van der Waals surface area contributed by atoms with Crippen molar-refractivity contribution in [3.63, 3.8) is 0 Å². The number of benzene rings is 2. The SMILES string of the molecule is O=C(CCS(=O)(=O)c1ccc2cc(Cl)ccc2c1)N1CCC(c2cnc3ncccn23)CC1. The van der Waals surface area contributed by atoms with Crippen LogP contribution in [0.15, 0.2) is 66.0 Å². The topological polar surface area (TPSA) is 84.6 Å². The summed E-state index contributed by atoms with van der Waals surface area (Å²) in [6.07, 6.45) is 7.13. The van der Waals surface area contributed by atoms with Gasteiger partial charge in [-0.25, -0.2) is 18.4 Å². The molecule has 7 nitrogen and oxygen atoms in total. The number of carbonyl (C=O) groups is 1. The van der Waals surface area contributed by atoms with E-state index in [9.17, 15) is 13.2 Å². The molecule has 1 aliphatic heterocycles. The van der Waals surface area contributed by atoms with Crippen molar-refractivity contribution in [2.24, 2.45) is 0 Å². The monoisotopic (exact) mass is 482 g/mol. The summed E-state index contributed by atoms with van der Waals surface area (Å²) in [5.74, 6) is 0.643. The fourth-order valence-corrected chi connectivity index (χ4v) is 5.90. The summed E-state index contributed by atoms with van der Waals surface area (Å²) in [5.41, 5.74) is 1.10. The zero-order chi connectivity index (χ0) is 23.0. The Morgan fingerprint density at radius 2 is 1.82 bits per heavy atom. The molecule has 0 unspecified atom stereocenters. The number of halogens is 1. The summed E-state index contributed by atoms with van der Waals surface area (Å²) in [4.78, 5) is 23.4. The van der Waals surface area contributed by atoms with E-state index in [2.05, 4.69) is 9.97 Å². The number of imidazole rings is 1. The third-order valence-electron chi connectivity index (χ3n) is 6.30. The van der Waals surface area contributed by atoms with Crippen molar-refractivity contribution >= 4 is 43.9 Å². The molecule has 5 rings (SSSR count). The number of hydrogen-bond donors (Lipinski definition) is 0. The number of hydrogen-bond acceptors (Lipinski definition) is 5. The van der Waals surface area contributed by atoms with Gasteiger partial charge in [-0.05, 0) is 53.9 Å². The number of likely N-dealkylation sites (tertiary alicyclic amines) is 1. The van der Waals surface area contributed by atoms with E-state index in [1.165, 1.54) is 0 Å². The number of amides is 1. The van der Waals surface area contributed by atoms with Crippen LogP contribution in [0.4, 0.5) is 0 Å². The molecule has 9 heteroatoms. The third kappa shape index (κ3) is 4.45. The van der Waals surface area contributed by atoms with Gasteiger partial charge in [-0.15, -0.1) is 0 Å². The predicted molar refractivity (Wildman–Crippen MR) is 127 cm³/mol. The molecule has 0 radical (unpaired) electrons. The second-order valence-corrected chi connectivity index (χ2v) is 10.9. The molecule has 1 amide bonds. The fourth-order valence-electron chi connectivity index (χ4n) is 4.46. The molecule has 1 fully saturated rings. The number of rotatable bonds is 5. The molecular formula is C24H23ClN4O3S. The molecule has 0 N–H and O–H groups in total. The van der Waals surface area contributed by atoms with Crippen molar-refractivity contribution < 1.29 is 13.2 Å². The Kier molecular flexibility index (Phi) is 5.80. The van der Waals surface area contributed by atoms with Gasteiger partial charge < -0.3 is 4.90 Å². The molecule has 0 atom stereocenters. The lowest BCUT2D eigenvalue weighted by atomic mass is 9.93. The van der Waals surface area contributed by atoms with Crippen LogP contribution in [0.1, 0.15) is 30.9 Å². The fraction of sp³-hybridized carbons (Fsp3) is 0.292. The summed E-state index contributed by atoms with van der Waals surface area (Å²) in [6, 6.07) is 12.2. The molecule has 2 aromatic heterocycles. The molecular weight excluding hydrogens is 460 g/mol. The van der Waals surface area contributed by atoms with Crippen LogP contribution >= 0.6 is 11.6 Å². The van der Waals surface area contributed by atoms with Crippen molar-refractivity contribution in [3.8, 4) is 0 Å². The number of aromatic nitrogens is 3. The Hall–Kier alpha value is -2.97. The highest BCUT2D eigenvalue weighted by molar-refractivity contribution is 7.91. The minimum absolute atomic E-state index is 0.0226. The quantitative estimate of drug-likeness (QED) is 0.427. The van der Waals surface area contributed by atoms with E-state index >= 15 is 0 Å². The van der Waals surface area contributed by atoms with E-state index in [0.29, 0.717) is 29.8 Å². The van der Waals surface area contributed by atoms with Crippen LogP contribution in [-0.4, -0.2) is 52.4 Å². The molecule has 3 heterocycles. The summed E-state index contributed by atoms with van der Waals surface area (Å²) in [5, 5.41) is 2.28. The van der Waals surface area contributed by atoms with Gasteiger partial charge in [-0.1, -0.05) is 23.7 Å². The summed E-state index contributed by atoms with van der Waals surface area (Å²) >= 11 is 6.00. The Bertz CT molecular complexity index is 1440. The molecule has 0 saturated carbocycles. The van der Waals surface area contributed by atoms with Crippen LogP contribution < -0.4 is 0 Å². The zero-order valence-corrected chi connectivity index (χ0v) is 19.5. The number of fused-ring (bicyclic) bond motifs is 2. The first-order valence-corrected chi connectivity index (χ1v) is 12.9. The van der Waals surface area contributed by atoms with Gasteiger partial charge in [0.1, 0.15) is 0 Å². The van der Waals surface area contributed by atoms with Crippen molar-refractivity contribution in [1.82, 2.24) is 19.3 Å². The molecule has 170 valence electrons. The van der Waals surface area contributed by atoms with Crippen molar-refractivity contribution in [3.05, 3.63) is 71.8 Å². The van der Waals surface area contributed by atoms with E-state index in [0.717, 1.165) is 29.3 Å². The maximum atomic E-state index is 12.8. The van der Waals surface area contributed by atoms with Crippen LogP contribution in [0, 0.1) is 0 Å². The van der Waals surface area contributed by atoms with E-state index in [4.69, 9.17) is 11.6 Å². The first-order chi connectivity index (χ1) is 15.9. The minimum Gasteiger partial charge on any atom is -0.343 e. The van der Waals surface area contributed by atoms with Crippen molar-refractivity contribution in [1.29, 1.82) is 0 Å². The Balaban J connectivity index is 1.20. The molecule has 1 saturated heterocycles. The highest BCUT2D eigenvalue weighted by Gasteiger charge is 2.27. The van der Waals surface area contributed by atoms with Crippen LogP contribution in [0.5, 0.6) is 0 Å². The number of nitrogens with zero attached hydrogens (tertiary/aromatic N) is 4. The lowest BCUT2D eigenvalue weighted by Gasteiger charge is -2.32. The first kappa shape index (κ1) is 21.9. The van der Waals surface area contributed by atoms with Crippen LogP contribution in [-0.2, 0) is 14.6 Å². The largest absolute Gasteiger partial charge is 0.343 e. The van der Waals surface area contributed by atoms with Crippen LogP contribution in [0.25, 0.3) is 16.6 Å². The molecule has 33 heavy (non-hydrogen) atoms. The molecule has 2 aromatic carbocycles. The summed E-state index contributed by atoms with van der Waals surface area (Å²) in [6.45, 7) is 1.21. The van der Waals surface area contributed by atoms with Gasteiger partial charge in [0.25, 0.3) is 0 Å². The highest BCUT2D eigenvalue weighted by Crippen LogP contribution is 2.29. The second-order valence-electron chi connectivity index (χ2n) is 8.35. The van der Waals surface area contributed by atoms with Gasteiger partial charge >= 0.3 is 0 Å². The normalized spacial score (nSPS) is 15.4. The van der Waals surface area contributed by atoms with E-state index in [-0.39, 0.29) is 23.0 Å². The summed E-state index contributed by atoms with van der Waals surface area (Å²) < 4.78 is 27.7. The highest BCUT2D eigenvalue weighted by atomic mass is 35.5. The van der Waals surface area contributed by atoms with E-state index < -0.39 is 9.84 Å². The standard InChI is InChI=1S/C24H23ClN4O3S/c25-20-4-2-19-15-21(5-3-18(19)14-20)33(31,32)13-8-23(30)28-11-6-17(7-12-28)22-16-27-24-26-9-1-10-29(22)24/h1-5,9-10,14-17H,6-8,11-13H2. The number of piperidine rings is 1. The second kappa shape index (κ2) is 8.76. The lowest BCUT2D eigenvalue weighted by molar-refractivity contribution is -0.131. The Morgan fingerprint density at radius 1 is 1.06 bits per heavy atom. The van der Waals surface area contributed by atoms with Crippen molar-refractivity contribution in [2.75, 3.05) is 18.8 Å². The molecule has 0 aliphatic carbocycles. The predicted octanol–water partition coefficient (Wildman–Crippen LogP) is 4.11. The van der Waals surface area contributed by atoms with Gasteiger partial charge in [0.2, 0.25) is 11.7 Å². The maximum Gasteiger partial charge on any atom is 0.233 e. The Labute approximate surface area is 196 Å². The van der Waals surface area contributed by atoms with Gasteiger partial charge in [-0.3, -0.25) is 9.20 Å². The van der Waals surface area contributed by atoms with Crippen LogP contribution in [0.2, 0.25) is 5.02 Å². The van der Waals surface area contributed by atoms with Gasteiger partial charge in [0, 0.05) is 48.5 Å². The molecule has 4 aromatic rings. The zero-order valence-electron chi connectivity index (χ0n) is 17.9. The van der Waals surface area contributed by atoms with Crippen molar-refractivity contribution in [2.45, 2.75) is 30.1 Å². The smallest absolute Gasteiger partial charge is 0.233 e. The van der Waals surface area contributed by atoms with E-state index in [1.807, 2.05) is 22.9 Å². The average Bonchev–Trinajstić information content (AvgIpc) is 3.26. The van der Waals surface area contributed by atoms with E-state index in [1.54, 1.807) is 47.5 Å². The summed E-state index contributed by atoms with van der Waals surface area (Å²) in [7, 11) is -3.57. The van der Waals surface area contributed by atoms with Crippen LogP contribution in [0.3, 0.4) is 0 Å². The molecule has 1 aliphatic rings. The molecule has 0 spiro atoms. The number of carbonyl (C=O) groups excluding carboxylic acids is 1.